The highest BCUT2D eigenvalue weighted by molar-refractivity contribution is 5.87. The van der Waals surface area contributed by atoms with Gasteiger partial charge in [0, 0.05) is 48.0 Å². The molecule has 0 N–H and O–H groups in total. The molecule has 3 nitrogen and oxygen atoms in total. The van der Waals surface area contributed by atoms with Gasteiger partial charge in [-0.2, -0.15) is 4.57 Å². The Balaban J connectivity index is 1.74. The fourth-order valence-electron chi connectivity index (χ4n) is 4.17. The largest absolute Gasteiger partial charge is 0.339 e. The number of para-hydroxylation sites is 2. The highest BCUT2D eigenvalue weighted by atomic mass is 15.0. The minimum absolute atomic E-state index is 1.21. The van der Waals surface area contributed by atoms with Crippen LogP contribution in [0.5, 0.6) is 0 Å². The summed E-state index contributed by atoms with van der Waals surface area (Å²) in [4.78, 5) is 0. The quantitative estimate of drug-likeness (QED) is 0.404. The first-order valence-electron chi connectivity index (χ1n) is 9.24. The molecule has 0 aliphatic rings. The van der Waals surface area contributed by atoms with Crippen LogP contribution < -0.4 is 4.57 Å². The van der Waals surface area contributed by atoms with E-state index in [1.54, 1.807) is 0 Å². The Kier molecular flexibility index (Phi) is 3.44. The first kappa shape index (κ1) is 15.9. The molecule has 3 heteroatoms. The molecule has 0 unspecified atom stereocenters. The van der Waals surface area contributed by atoms with Gasteiger partial charge in [-0.3, -0.25) is 0 Å². The van der Waals surface area contributed by atoms with Crippen LogP contribution in [0.1, 0.15) is 0 Å². The van der Waals surface area contributed by atoms with Crippen molar-refractivity contribution in [1.29, 1.82) is 0 Å². The summed E-state index contributed by atoms with van der Waals surface area (Å²) < 4.78 is 6.84. The number of aryl methyl sites for hydroxylation is 2. The van der Waals surface area contributed by atoms with E-state index in [1.807, 2.05) is 0 Å². The van der Waals surface area contributed by atoms with Crippen molar-refractivity contribution in [3.05, 3.63) is 78.9 Å². The second-order valence-corrected chi connectivity index (χ2v) is 7.15. The van der Waals surface area contributed by atoms with Crippen LogP contribution >= 0.6 is 0 Å². The summed E-state index contributed by atoms with van der Waals surface area (Å²) in [5, 5.41) is 2.54. The van der Waals surface area contributed by atoms with E-state index in [0.717, 1.165) is 0 Å². The average molecular weight is 352 g/mol. The van der Waals surface area contributed by atoms with Gasteiger partial charge in [-0.25, -0.2) is 0 Å². The zero-order valence-corrected chi connectivity index (χ0v) is 15.8. The molecule has 0 aliphatic heterocycles. The van der Waals surface area contributed by atoms with Crippen LogP contribution in [0.25, 0.3) is 44.6 Å². The molecule has 0 bridgehead atoms. The Morgan fingerprint density at radius 3 is 1.48 bits per heavy atom. The van der Waals surface area contributed by atoms with Crippen molar-refractivity contribution in [3.8, 4) is 22.8 Å². The molecule has 2 aromatic carbocycles. The lowest BCUT2D eigenvalue weighted by molar-refractivity contribution is -0.649. The van der Waals surface area contributed by atoms with Gasteiger partial charge in [0.15, 0.2) is 0 Å². The Labute approximate surface area is 158 Å². The SMILES string of the molecule is Cn1c(-c2cccc(-c3cc4ccccc4n3C)[n+]2C)cc2ccccc21. The zero-order chi connectivity index (χ0) is 18.5. The van der Waals surface area contributed by atoms with E-state index >= 15 is 0 Å². The van der Waals surface area contributed by atoms with Gasteiger partial charge in [-0.1, -0.05) is 36.4 Å². The Bertz CT molecular complexity index is 1210. The predicted molar refractivity (Wildman–Crippen MR) is 111 cm³/mol. The van der Waals surface area contributed by atoms with Gasteiger partial charge in [0.2, 0.25) is 11.4 Å². The molecule has 5 aromatic rings. The molecule has 27 heavy (non-hydrogen) atoms. The highest BCUT2D eigenvalue weighted by Crippen LogP contribution is 2.28. The maximum Gasteiger partial charge on any atom is 0.229 e. The van der Waals surface area contributed by atoms with Crippen molar-refractivity contribution in [2.24, 2.45) is 21.1 Å². The van der Waals surface area contributed by atoms with E-state index in [2.05, 4.69) is 114 Å². The summed E-state index contributed by atoms with van der Waals surface area (Å²) in [5.41, 5.74) is 7.36. The molecule has 0 saturated carbocycles. The van der Waals surface area contributed by atoms with Gasteiger partial charge in [-0.05, 0) is 30.3 Å². The van der Waals surface area contributed by atoms with Crippen LogP contribution in [-0.4, -0.2) is 9.13 Å². The van der Waals surface area contributed by atoms with Crippen molar-refractivity contribution in [1.82, 2.24) is 9.13 Å². The summed E-state index contributed by atoms with van der Waals surface area (Å²) in [7, 11) is 6.43. The fourth-order valence-corrected chi connectivity index (χ4v) is 4.17. The summed E-state index contributed by atoms with van der Waals surface area (Å²) in [6.07, 6.45) is 0. The average Bonchev–Trinajstić information content (AvgIpc) is 3.20. The van der Waals surface area contributed by atoms with Crippen LogP contribution in [0.4, 0.5) is 0 Å². The Hall–Kier alpha value is -3.33. The van der Waals surface area contributed by atoms with Crippen LogP contribution in [0.3, 0.4) is 0 Å². The van der Waals surface area contributed by atoms with Crippen molar-refractivity contribution >= 4 is 21.8 Å². The van der Waals surface area contributed by atoms with Gasteiger partial charge in [-0.15, -0.1) is 0 Å². The molecule has 0 radical (unpaired) electrons. The topological polar surface area (TPSA) is 13.7 Å². The van der Waals surface area contributed by atoms with Gasteiger partial charge in [0.1, 0.15) is 18.4 Å². The van der Waals surface area contributed by atoms with Crippen LogP contribution in [0, 0.1) is 0 Å². The third-order valence-electron chi connectivity index (χ3n) is 5.66. The van der Waals surface area contributed by atoms with Crippen LogP contribution in [0.2, 0.25) is 0 Å². The number of nitrogens with zero attached hydrogens (tertiary/aromatic N) is 3. The number of fused-ring (bicyclic) bond motifs is 2. The number of aromatic nitrogens is 3. The first-order chi connectivity index (χ1) is 13.1. The van der Waals surface area contributed by atoms with Gasteiger partial charge < -0.3 is 9.13 Å². The second kappa shape index (κ2) is 5.85. The Morgan fingerprint density at radius 2 is 1.04 bits per heavy atom. The molecule has 3 heterocycles. The molecular weight excluding hydrogens is 330 g/mol. The lowest BCUT2D eigenvalue weighted by atomic mass is 10.2. The maximum absolute atomic E-state index is 2.29. The van der Waals surface area contributed by atoms with Gasteiger partial charge in [0.25, 0.3) is 0 Å². The second-order valence-electron chi connectivity index (χ2n) is 7.15. The molecule has 0 atom stereocenters. The molecular formula is C24H22N3+. The van der Waals surface area contributed by atoms with Gasteiger partial charge in [0.05, 0.1) is 0 Å². The number of rotatable bonds is 2. The predicted octanol–water partition coefficient (Wildman–Crippen LogP) is 4.83. The lowest BCUT2D eigenvalue weighted by Crippen LogP contribution is -2.34. The molecule has 0 amide bonds. The van der Waals surface area contributed by atoms with Crippen molar-refractivity contribution in [3.63, 3.8) is 0 Å². The smallest absolute Gasteiger partial charge is 0.229 e. The molecule has 0 fully saturated rings. The maximum atomic E-state index is 2.29. The van der Waals surface area contributed by atoms with Crippen molar-refractivity contribution < 1.29 is 4.57 Å². The molecule has 0 spiro atoms. The van der Waals surface area contributed by atoms with Crippen LogP contribution in [-0.2, 0) is 21.1 Å². The molecule has 0 aliphatic carbocycles. The minimum atomic E-state index is 1.21. The Morgan fingerprint density at radius 1 is 0.593 bits per heavy atom. The van der Waals surface area contributed by atoms with E-state index < -0.39 is 0 Å². The standard InChI is InChI=1S/C24H22N3/c1-25-19-11-6-4-9-17(19)15-23(25)21-13-8-14-22(27(21)3)24-16-18-10-5-7-12-20(18)26(24)2/h4-16H,1-3H3/q+1. The van der Waals surface area contributed by atoms with Gasteiger partial charge >= 0.3 is 0 Å². The molecule has 5 rings (SSSR count). The summed E-state index contributed by atoms with van der Waals surface area (Å²) in [6.45, 7) is 0. The van der Waals surface area contributed by atoms with Crippen molar-refractivity contribution in [2.75, 3.05) is 0 Å². The van der Waals surface area contributed by atoms with E-state index in [0.29, 0.717) is 0 Å². The van der Waals surface area contributed by atoms with E-state index in [1.165, 1.54) is 44.6 Å². The first-order valence-corrected chi connectivity index (χ1v) is 9.24. The number of hydrogen-bond acceptors (Lipinski definition) is 0. The summed E-state index contributed by atoms with van der Waals surface area (Å²) in [6, 6.07) is 28.2. The van der Waals surface area contributed by atoms with Crippen molar-refractivity contribution in [2.45, 2.75) is 0 Å². The lowest BCUT2D eigenvalue weighted by Gasteiger charge is -2.08. The zero-order valence-electron chi connectivity index (χ0n) is 15.8. The fraction of sp³-hybridized carbons (Fsp3) is 0.125. The van der Waals surface area contributed by atoms with E-state index in [9.17, 15) is 0 Å². The normalized spacial score (nSPS) is 11.5. The summed E-state index contributed by atoms with van der Waals surface area (Å²) in [5.74, 6) is 0. The minimum Gasteiger partial charge on any atom is -0.339 e. The number of pyridine rings is 1. The molecule has 0 saturated heterocycles. The summed E-state index contributed by atoms with van der Waals surface area (Å²) >= 11 is 0. The monoisotopic (exact) mass is 352 g/mol. The van der Waals surface area contributed by atoms with E-state index in [4.69, 9.17) is 0 Å². The molecule has 132 valence electrons. The highest BCUT2D eigenvalue weighted by Gasteiger charge is 2.21. The third-order valence-corrected chi connectivity index (χ3v) is 5.66. The van der Waals surface area contributed by atoms with Crippen LogP contribution in [0.15, 0.2) is 78.9 Å². The third kappa shape index (κ3) is 2.32. The van der Waals surface area contributed by atoms with E-state index in [-0.39, 0.29) is 0 Å². The number of hydrogen-bond donors (Lipinski definition) is 0. The number of benzene rings is 2. The molecule has 3 aromatic heterocycles.